The van der Waals surface area contributed by atoms with Gasteiger partial charge in [-0.15, -0.1) is 0 Å². The van der Waals surface area contributed by atoms with Gasteiger partial charge in [0.05, 0.1) is 11.0 Å². The van der Waals surface area contributed by atoms with Crippen molar-refractivity contribution in [3.05, 3.63) is 63.7 Å². The number of nitrogens with zero attached hydrogens (tertiary/aromatic N) is 1. The molecule has 2 aromatic rings. The number of benzene rings is 2. The van der Waals surface area contributed by atoms with Gasteiger partial charge < -0.3 is 9.84 Å². The fourth-order valence-corrected chi connectivity index (χ4v) is 1.58. The van der Waals surface area contributed by atoms with E-state index in [1.54, 1.807) is 0 Å². The van der Waals surface area contributed by atoms with E-state index in [9.17, 15) is 23.7 Å². The van der Waals surface area contributed by atoms with Crippen LogP contribution in [0.25, 0.3) is 0 Å². The van der Waals surface area contributed by atoms with Crippen molar-refractivity contribution >= 4 is 11.7 Å². The molecule has 0 saturated carbocycles. The van der Waals surface area contributed by atoms with Crippen LogP contribution in [-0.4, -0.2) is 16.0 Å². The number of hydrogen-bond acceptors (Lipinski definition) is 4. The first-order valence-corrected chi connectivity index (χ1v) is 5.53. The summed E-state index contributed by atoms with van der Waals surface area (Å²) in [5.74, 6) is -4.74. The lowest BCUT2D eigenvalue weighted by Gasteiger charge is -2.10. The molecule has 0 aliphatic rings. The van der Waals surface area contributed by atoms with E-state index in [0.29, 0.717) is 6.07 Å². The molecule has 108 valence electrons. The third-order valence-corrected chi connectivity index (χ3v) is 2.54. The number of carboxylic acid groups (broad SMARTS) is 1. The number of para-hydroxylation sites is 1. The number of non-ortho nitro benzene ring substituents is 1. The van der Waals surface area contributed by atoms with Gasteiger partial charge in [-0.3, -0.25) is 10.1 Å². The van der Waals surface area contributed by atoms with Crippen molar-refractivity contribution in [3.63, 3.8) is 0 Å². The molecule has 0 aliphatic carbocycles. The predicted molar refractivity (Wildman–Crippen MR) is 66.5 cm³/mol. The average Bonchev–Trinajstić information content (AvgIpc) is 2.42. The second-order valence-electron chi connectivity index (χ2n) is 3.90. The molecule has 0 unspecified atom stereocenters. The van der Waals surface area contributed by atoms with Crippen molar-refractivity contribution in [2.75, 3.05) is 0 Å². The molecule has 0 radical (unpaired) electrons. The monoisotopic (exact) mass is 295 g/mol. The Kier molecular flexibility index (Phi) is 3.79. The van der Waals surface area contributed by atoms with Gasteiger partial charge in [0.25, 0.3) is 5.69 Å². The minimum Gasteiger partial charge on any atom is -0.478 e. The molecule has 0 aliphatic heterocycles. The average molecular weight is 295 g/mol. The number of aromatic carboxylic acids is 1. The van der Waals surface area contributed by atoms with Crippen LogP contribution in [0.4, 0.5) is 14.5 Å². The zero-order valence-electron chi connectivity index (χ0n) is 10.2. The van der Waals surface area contributed by atoms with Crippen LogP contribution in [0.15, 0.2) is 36.4 Å². The highest BCUT2D eigenvalue weighted by molar-refractivity contribution is 5.91. The molecule has 2 aromatic carbocycles. The van der Waals surface area contributed by atoms with E-state index in [2.05, 4.69) is 0 Å². The molecule has 6 nitrogen and oxygen atoms in total. The fraction of sp³-hybridized carbons (Fsp3) is 0. The highest BCUT2D eigenvalue weighted by Crippen LogP contribution is 2.31. The van der Waals surface area contributed by atoms with Crippen molar-refractivity contribution in [2.45, 2.75) is 0 Å². The first-order chi connectivity index (χ1) is 9.90. The molecular weight excluding hydrogens is 288 g/mol. The van der Waals surface area contributed by atoms with E-state index >= 15 is 0 Å². The normalized spacial score (nSPS) is 10.2. The van der Waals surface area contributed by atoms with Gasteiger partial charge in [0.15, 0.2) is 23.1 Å². The van der Waals surface area contributed by atoms with E-state index in [0.717, 1.165) is 30.3 Å². The van der Waals surface area contributed by atoms with Crippen molar-refractivity contribution < 1.29 is 28.3 Å². The second kappa shape index (κ2) is 5.53. The molecule has 0 saturated heterocycles. The Labute approximate surface area is 116 Å². The number of ether oxygens (including phenoxy) is 1. The lowest BCUT2D eigenvalue weighted by atomic mass is 10.2. The van der Waals surface area contributed by atoms with Crippen molar-refractivity contribution in [3.8, 4) is 11.5 Å². The summed E-state index contributed by atoms with van der Waals surface area (Å²) >= 11 is 0. The van der Waals surface area contributed by atoms with E-state index in [4.69, 9.17) is 9.84 Å². The largest absolute Gasteiger partial charge is 0.478 e. The number of carboxylic acids is 1. The first-order valence-electron chi connectivity index (χ1n) is 5.53. The van der Waals surface area contributed by atoms with Crippen LogP contribution in [0.3, 0.4) is 0 Å². The summed E-state index contributed by atoms with van der Waals surface area (Å²) in [6.07, 6.45) is 0. The summed E-state index contributed by atoms with van der Waals surface area (Å²) in [7, 11) is 0. The molecule has 0 spiro atoms. The Morgan fingerprint density at radius 2 is 1.90 bits per heavy atom. The SMILES string of the molecule is O=C(O)c1cccc(F)c1Oc1ccc([N+](=O)[O-])cc1F. The van der Waals surface area contributed by atoms with Gasteiger partial charge in [-0.05, 0) is 18.2 Å². The molecular formula is C13H7F2NO5. The zero-order chi connectivity index (χ0) is 15.6. The Morgan fingerprint density at radius 1 is 1.19 bits per heavy atom. The summed E-state index contributed by atoms with van der Waals surface area (Å²) in [6.45, 7) is 0. The maximum Gasteiger partial charge on any atom is 0.339 e. The van der Waals surface area contributed by atoms with E-state index in [-0.39, 0.29) is 0 Å². The number of halogens is 2. The first kappa shape index (κ1) is 14.4. The van der Waals surface area contributed by atoms with Gasteiger partial charge in [0, 0.05) is 6.07 Å². The number of carbonyl (C=O) groups is 1. The Balaban J connectivity index is 2.44. The molecule has 8 heteroatoms. The number of hydrogen-bond donors (Lipinski definition) is 1. The third kappa shape index (κ3) is 2.94. The molecule has 0 atom stereocenters. The minimum atomic E-state index is -1.45. The highest BCUT2D eigenvalue weighted by atomic mass is 19.1. The summed E-state index contributed by atoms with van der Waals surface area (Å²) in [6, 6.07) is 5.68. The van der Waals surface area contributed by atoms with Gasteiger partial charge in [-0.25, -0.2) is 13.6 Å². The zero-order valence-corrected chi connectivity index (χ0v) is 10.2. The maximum atomic E-state index is 13.7. The number of nitro groups is 1. The van der Waals surface area contributed by atoms with E-state index < -0.39 is 45.3 Å². The number of rotatable bonds is 4. The lowest BCUT2D eigenvalue weighted by molar-refractivity contribution is -0.385. The maximum absolute atomic E-state index is 13.7. The Morgan fingerprint density at radius 3 is 2.48 bits per heavy atom. The van der Waals surface area contributed by atoms with Gasteiger partial charge in [0.2, 0.25) is 0 Å². The van der Waals surface area contributed by atoms with Crippen LogP contribution in [0, 0.1) is 21.7 Å². The van der Waals surface area contributed by atoms with E-state index in [1.165, 1.54) is 0 Å². The van der Waals surface area contributed by atoms with Crippen molar-refractivity contribution in [1.82, 2.24) is 0 Å². The highest BCUT2D eigenvalue weighted by Gasteiger charge is 2.19. The molecule has 21 heavy (non-hydrogen) atoms. The molecule has 2 rings (SSSR count). The molecule has 0 bridgehead atoms. The van der Waals surface area contributed by atoms with Crippen LogP contribution in [-0.2, 0) is 0 Å². The van der Waals surface area contributed by atoms with Crippen molar-refractivity contribution in [2.24, 2.45) is 0 Å². The number of nitro benzene ring substituents is 1. The Hall–Kier alpha value is -3.03. The summed E-state index contributed by atoms with van der Waals surface area (Å²) in [4.78, 5) is 20.6. The van der Waals surface area contributed by atoms with Gasteiger partial charge >= 0.3 is 5.97 Å². The molecule has 1 N–H and O–H groups in total. The van der Waals surface area contributed by atoms with Crippen LogP contribution in [0.2, 0.25) is 0 Å². The lowest BCUT2D eigenvalue weighted by Crippen LogP contribution is -2.02. The predicted octanol–water partition coefficient (Wildman–Crippen LogP) is 3.36. The van der Waals surface area contributed by atoms with E-state index in [1.807, 2.05) is 0 Å². The van der Waals surface area contributed by atoms with Crippen LogP contribution in [0.5, 0.6) is 11.5 Å². The fourth-order valence-electron chi connectivity index (χ4n) is 1.58. The van der Waals surface area contributed by atoms with Gasteiger partial charge in [-0.2, -0.15) is 0 Å². The summed E-state index contributed by atoms with van der Waals surface area (Å²) in [5, 5.41) is 19.4. The van der Waals surface area contributed by atoms with Gasteiger partial charge in [-0.1, -0.05) is 6.07 Å². The smallest absolute Gasteiger partial charge is 0.339 e. The minimum absolute atomic E-state index is 0.493. The van der Waals surface area contributed by atoms with Crippen LogP contribution in [0.1, 0.15) is 10.4 Å². The molecule has 0 amide bonds. The molecule has 0 aromatic heterocycles. The summed E-state index contributed by atoms with van der Waals surface area (Å²) < 4.78 is 32.2. The Bertz CT molecular complexity index is 732. The molecule has 0 heterocycles. The molecule has 0 fully saturated rings. The summed E-state index contributed by atoms with van der Waals surface area (Å²) in [5.41, 5.74) is -1.00. The van der Waals surface area contributed by atoms with Crippen LogP contribution >= 0.6 is 0 Å². The second-order valence-corrected chi connectivity index (χ2v) is 3.90. The standard InChI is InChI=1S/C13H7F2NO5/c14-9-3-1-2-8(13(17)18)12(9)21-11-5-4-7(16(19)20)6-10(11)15/h1-6H,(H,17,18). The van der Waals surface area contributed by atoms with Gasteiger partial charge in [0.1, 0.15) is 5.56 Å². The quantitative estimate of drug-likeness (QED) is 0.690. The topological polar surface area (TPSA) is 89.7 Å². The third-order valence-electron chi connectivity index (χ3n) is 2.54. The van der Waals surface area contributed by atoms with Crippen LogP contribution < -0.4 is 4.74 Å². The van der Waals surface area contributed by atoms with Crippen molar-refractivity contribution in [1.29, 1.82) is 0 Å².